The fraction of sp³-hybridized carbons (Fsp3) is 0.500. The molecule has 0 spiro atoms. The first-order valence-electron chi connectivity index (χ1n) is 7.35. The molecule has 1 aliphatic rings. The second kappa shape index (κ2) is 5.02. The molecule has 4 nitrogen and oxygen atoms in total. The molecule has 4 heteroatoms. The van der Waals surface area contributed by atoms with Crippen LogP contribution in [0.25, 0.3) is 0 Å². The van der Waals surface area contributed by atoms with Crippen LogP contribution in [0.5, 0.6) is 0 Å². The highest BCUT2D eigenvalue weighted by molar-refractivity contribution is 5.30. The summed E-state index contributed by atoms with van der Waals surface area (Å²) in [5.74, 6) is 2.32. The lowest BCUT2D eigenvalue weighted by atomic mass is 9.92. The first-order valence-corrected chi connectivity index (χ1v) is 7.35. The van der Waals surface area contributed by atoms with Gasteiger partial charge in [0.05, 0.1) is 5.54 Å². The summed E-state index contributed by atoms with van der Waals surface area (Å²) in [6.07, 6.45) is 4.99. The predicted molar refractivity (Wildman–Crippen MR) is 79.3 cm³/mol. The average molecular weight is 270 g/mol. The number of nitrogens with two attached hydrogens (primary N) is 1. The lowest BCUT2D eigenvalue weighted by Crippen LogP contribution is -2.37. The molecule has 106 valence electrons. The second-order valence-electron chi connectivity index (χ2n) is 5.97. The van der Waals surface area contributed by atoms with Crippen LogP contribution in [0.2, 0.25) is 0 Å². The van der Waals surface area contributed by atoms with Gasteiger partial charge >= 0.3 is 0 Å². The van der Waals surface area contributed by atoms with Crippen molar-refractivity contribution < 1.29 is 0 Å². The largest absolute Gasteiger partial charge is 0.315 e. The number of benzene rings is 1. The van der Waals surface area contributed by atoms with Gasteiger partial charge in [-0.25, -0.2) is 4.98 Å². The molecule has 2 aromatic rings. The number of nitrogens with zero attached hydrogens (tertiary/aromatic N) is 3. The van der Waals surface area contributed by atoms with Crippen molar-refractivity contribution in [1.82, 2.24) is 14.8 Å². The summed E-state index contributed by atoms with van der Waals surface area (Å²) >= 11 is 0. The Morgan fingerprint density at radius 1 is 1.20 bits per heavy atom. The molecule has 1 heterocycles. The van der Waals surface area contributed by atoms with Crippen LogP contribution in [0.1, 0.15) is 55.7 Å². The summed E-state index contributed by atoms with van der Waals surface area (Å²) in [7, 11) is 1.94. The lowest BCUT2D eigenvalue weighted by molar-refractivity contribution is 0.517. The molecular formula is C16H22N4. The molecular weight excluding hydrogens is 248 g/mol. The molecule has 1 unspecified atom stereocenters. The summed E-state index contributed by atoms with van der Waals surface area (Å²) in [6.45, 7) is 2.00. The van der Waals surface area contributed by atoms with Gasteiger partial charge in [-0.2, -0.15) is 5.10 Å². The Kier molecular flexibility index (Phi) is 3.34. The van der Waals surface area contributed by atoms with E-state index >= 15 is 0 Å². The van der Waals surface area contributed by atoms with Crippen LogP contribution < -0.4 is 5.73 Å². The highest BCUT2D eigenvalue weighted by Gasteiger charge is 2.31. The van der Waals surface area contributed by atoms with E-state index in [-0.39, 0.29) is 0 Å². The van der Waals surface area contributed by atoms with Crippen molar-refractivity contribution in [2.45, 2.75) is 44.1 Å². The van der Waals surface area contributed by atoms with Crippen molar-refractivity contribution >= 4 is 0 Å². The van der Waals surface area contributed by atoms with Crippen LogP contribution in [0.15, 0.2) is 30.3 Å². The van der Waals surface area contributed by atoms with E-state index in [0.29, 0.717) is 5.92 Å². The lowest BCUT2D eigenvalue weighted by Gasteiger charge is -2.23. The third-order valence-electron chi connectivity index (χ3n) is 4.34. The minimum absolute atomic E-state index is 0.515. The molecule has 1 atom stereocenters. The van der Waals surface area contributed by atoms with E-state index in [9.17, 15) is 0 Å². The zero-order valence-corrected chi connectivity index (χ0v) is 12.2. The molecule has 0 bridgehead atoms. The highest BCUT2D eigenvalue weighted by atomic mass is 15.3. The van der Waals surface area contributed by atoms with Crippen LogP contribution in [0, 0.1) is 0 Å². The topological polar surface area (TPSA) is 56.7 Å². The van der Waals surface area contributed by atoms with Gasteiger partial charge in [0.15, 0.2) is 11.6 Å². The molecule has 1 aliphatic carbocycles. The Morgan fingerprint density at radius 3 is 2.50 bits per heavy atom. The molecule has 1 saturated carbocycles. The van der Waals surface area contributed by atoms with E-state index in [4.69, 9.17) is 10.7 Å². The second-order valence-corrected chi connectivity index (χ2v) is 5.97. The van der Waals surface area contributed by atoms with Crippen molar-refractivity contribution in [3.05, 3.63) is 47.5 Å². The van der Waals surface area contributed by atoms with E-state index in [1.54, 1.807) is 0 Å². The van der Waals surface area contributed by atoms with E-state index in [1.807, 2.05) is 49.0 Å². The SMILES string of the molecule is Cn1nc(C2CCCC2)nc1C(C)(N)c1ccccc1. The normalized spacial score (nSPS) is 19.1. The number of hydrogen-bond acceptors (Lipinski definition) is 3. The first kappa shape index (κ1) is 13.3. The molecule has 0 saturated heterocycles. The third-order valence-corrected chi connectivity index (χ3v) is 4.34. The van der Waals surface area contributed by atoms with E-state index in [1.165, 1.54) is 25.7 Å². The quantitative estimate of drug-likeness (QED) is 0.933. The van der Waals surface area contributed by atoms with Crippen molar-refractivity contribution in [3.8, 4) is 0 Å². The monoisotopic (exact) mass is 270 g/mol. The van der Waals surface area contributed by atoms with Gasteiger partial charge < -0.3 is 5.73 Å². The van der Waals surface area contributed by atoms with E-state index < -0.39 is 5.54 Å². The van der Waals surface area contributed by atoms with Crippen LogP contribution >= 0.6 is 0 Å². The van der Waals surface area contributed by atoms with Crippen molar-refractivity contribution in [2.24, 2.45) is 12.8 Å². The number of hydrogen-bond donors (Lipinski definition) is 1. The molecule has 0 amide bonds. The average Bonchev–Trinajstić information content (AvgIpc) is 3.08. The Hall–Kier alpha value is -1.68. The number of rotatable bonds is 3. The molecule has 20 heavy (non-hydrogen) atoms. The standard InChI is InChI=1S/C16H22N4/c1-16(17,13-10-4-3-5-11-13)15-18-14(19-20(15)2)12-8-6-7-9-12/h3-5,10-12H,6-9,17H2,1-2H3. The van der Waals surface area contributed by atoms with Gasteiger partial charge in [-0.15, -0.1) is 0 Å². The number of aromatic nitrogens is 3. The maximum absolute atomic E-state index is 6.55. The van der Waals surface area contributed by atoms with Gasteiger partial charge in [0.25, 0.3) is 0 Å². The highest BCUT2D eigenvalue weighted by Crippen LogP contribution is 2.33. The first-order chi connectivity index (χ1) is 9.59. The van der Waals surface area contributed by atoms with Crippen LogP contribution in [0.3, 0.4) is 0 Å². The van der Waals surface area contributed by atoms with Crippen molar-refractivity contribution in [1.29, 1.82) is 0 Å². The Labute approximate surface area is 120 Å². The minimum atomic E-state index is -0.611. The Balaban J connectivity index is 1.97. The van der Waals surface area contributed by atoms with E-state index in [2.05, 4.69) is 5.10 Å². The maximum atomic E-state index is 6.55. The van der Waals surface area contributed by atoms with Crippen molar-refractivity contribution in [3.63, 3.8) is 0 Å². The zero-order valence-electron chi connectivity index (χ0n) is 12.2. The van der Waals surface area contributed by atoms with Crippen LogP contribution in [0.4, 0.5) is 0 Å². The summed E-state index contributed by atoms with van der Waals surface area (Å²) < 4.78 is 1.85. The smallest absolute Gasteiger partial charge is 0.154 e. The summed E-state index contributed by atoms with van der Waals surface area (Å²) in [6, 6.07) is 10.1. The molecule has 1 aromatic carbocycles. The Bertz CT molecular complexity index is 580. The maximum Gasteiger partial charge on any atom is 0.154 e. The molecule has 0 radical (unpaired) electrons. The molecule has 0 aliphatic heterocycles. The van der Waals surface area contributed by atoms with E-state index in [0.717, 1.165) is 17.2 Å². The fourth-order valence-electron chi connectivity index (χ4n) is 3.13. The van der Waals surface area contributed by atoms with Gasteiger partial charge in [0, 0.05) is 13.0 Å². The summed E-state index contributed by atoms with van der Waals surface area (Å²) in [5, 5.41) is 4.61. The van der Waals surface area contributed by atoms with Gasteiger partial charge in [-0.3, -0.25) is 4.68 Å². The summed E-state index contributed by atoms with van der Waals surface area (Å²) in [4.78, 5) is 4.77. The molecule has 1 fully saturated rings. The van der Waals surface area contributed by atoms with Gasteiger partial charge in [0.2, 0.25) is 0 Å². The summed E-state index contributed by atoms with van der Waals surface area (Å²) in [5.41, 5.74) is 7.00. The molecule has 3 rings (SSSR count). The number of aryl methyl sites for hydroxylation is 1. The van der Waals surface area contributed by atoms with Gasteiger partial charge in [-0.1, -0.05) is 43.2 Å². The third kappa shape index (κ3) is 2.24. The predicted octanol–water partition coefficient (Wildman–Crippen LogP) is 2.69. The van der Waals surface area contributed by atoms with Gasteiger partial charge in [0.1, 0.15) is 0 Å². The fourth-order valence-corrected chi connectivity index (χ4v) is 3.13. The van der Waals surface area contributed by atoms with Crippen molar-refractivity contribution in [2.75, 3.05) is 0 Å². The van der Waals surface area contributed by atoms with Crippen LogP contribution in [-0.4, -0.2) is 14.8 Å². The molecule has 1 aromatic heterocycles. The minimum Gasteiger partial charge on any atom is -0.315 e. The van der Waals surface area contributed by atoms with Crippen LogP contribution in [-0.2, 0) is 12.6 Å². The zero-order chi connectivity index (χ0) is 14.2. The van der Waals surface area contributed by atoms with Gasteiger partial charge in [-0.05, 0) is 25.3 Å². The Morgan fingerprint density at radius 2 is 1.85 bits per heavy atom. The molecule has 2 N–H and O–H groups in total.